The number of methoxy groups -OCH3 is 1. The van der Waals surface area contributed by atoms with Crippen molar-refractivity contribution in [3.63, 3.8) is 0 Å². The first kappa shape index (κ1) is 20.0. The van der Waals surface area contributed by atoms with Gasteiger partial charge >= 0.3 is 0 Å². The van der Waals surface area contributed by atoms with E-state index in [4.69, 9.17) is 21.1 Å². The van der Waals surface area contributed by atoms with Crippen LogP contribution < -0.4 is 14.8 Å². The summed E-state index contributed by atoms with van der Waals surface area (Å²) in [5.74, 6) is 1.93. The normalized spacial score (nSPS) is 10.5. The number of hydrogen-bond acceptors (Lipinski definition) is 6. The van der Waals surface area contributed by atoms with E-state index in [1.165, 1.54) is 11.8 Å². The van der Waals surface area contributed by atoms with Crippen LogP contribution in [-0.4, -0.2) is 33.5 Å². The summed E-state index contributed by atoms with van der Waals surface area (Å²) in [4.78, 5) is 12.2. The number of halogens is 1. The molecule has 1 N–H and O–H groups in total. The van der Waals surface area contributed by atoms with E-state index in [2.05, 4.69) is 15.5 Å². The van der Waals surface area contributed by atoms with E-state index in [1.54, 1.807) is 29.9 Å². The number of hydrogen-bond donors (Lipinski definition) is 1. The molecule has 2 aromatic carbocycles. The Bertz CT molecular complexity index is 964. The molecule has 7 nitrogen and oxygen atoms in total. The quantitative estimate of drug-likeness (QED) is 0.561. The van der Waals surface area contributed by atoms with Gasteiger partial charge < -0.3 is 19.4 Å². The lowest BCUT2D eigenvalue weighted by molar-refractivity contribution is -0.113. The predicted octanol–water partition coefficient (Wildman–Crippen LogP) is 3.79. The number of aromatic nitrogens is 3. The number of amides is 1. The first-order chi connectivity index (χ1) is 13.6. The summed E-state index contributed by atoms with van der Waals surface area (Å²) in [5, 5.41) is 12.2. The van der Waals surface area contributed by atoms with Gasteiger partial charge in [0.1, 0.15) is 6.61 Å². The number of nitrogens with zero attached hydrogens (tertiary/aromatic N) is 3. The number of carbonyl (C=O) groups is 1. The molecule has 0 saturated carbocycles. The highest BCUT2D eigenvalue weighted by Gasteiger charge is 2.13. The zero-order valence-corrected chi connectivity index (χ0v) is 17.0. The summed E-state index contributed by atoms with van der Waals surface area (Å²) in [6.45, 7) is 0.232. The number of para-hydroxylation sites is 3. The molecule has 0 unspecified atom stereocenters. The molecule has 0 fully saturated rings. The van der Waals surface area contributed by atoms with Gasteiger partial charge in [0.15, 0.2) is 22.5 Å². The topological polar surface area (TPSA) is 78.3 Å². The van der Waals surface area contributed by atoms with Crippen molar-refractivity contribution in [1.82, 2.24) is 14.8 Å². The first-order valence-electron chi connectivity index (χ1n) is 8.39. The van der Waals surface area contributed by atoms with Crippen LogP contribution >= 0.6 is 23.4 Å². The summed E-state index contributed by atoms with van der Waals surface area (Å²) in [6, 6.07) is 14.5. The summed E-state index contributed by atoms with van der Waals surface area (Å²) in [5.41, 5.74) is 0.582. The highest BCUT2D eigenvalue weighted by atomic mass is 35.5. The fourth-order valence-electron chi connectivity index (χ4n) is 2.36. The van der Waals surface area contributed by atoms with Crippen LogP contribution in [0.1, 0.15) is 5.82 Å². The third-order valence-electron chi connectivity index (χ3n) is 3.83. The van der Waals surface area contributed by atoms with Crippen LogP contribution in [0.25, 0.3) is 0 Å². The molecule has 3 aromatic rings. The van der Waals surface area contributed by atoms with Gasteiger partial charge in [0.25, 0.3) is 0 Å². The lowest BCUT2D eigenvalue weighted by atomic mass is 10.3. The van der Waals surface area contributed by atoms with Crippen LogP contribution in [0.5, 0.6) is 11.5 Å². The fourth-order valence-corrected chi connectivity index (χ4v) is 3.27. The minimum atomic E-state index is -0.173. The van der Waals surface area contributed by atoms with Crippen molar-refractivity contribution in [3.8, 4) is 11.5 Å². The number of nitrogens with one attached hydrogen (secondary N) is 1. The maximum atomic E-state index is 12.2. The van der Waals surface area contributed by atoms with Gasteiger partial charge in [-0.15, -0.1) is 10.2 Å². The second-order valence-electron chi connectivity index (χ2n) is 5.71. The molecule has 1 aromatic heterocycles. The van der Waals surface area contributed by atoms with E-state index in [0.29, 0.717) is 33.2 Å². The average Bonchev–Trinajstić information content (AvgIpc) is 3.06. The molecular weight excluding hydrogens is 400 g/mol. The Balaban J connectivity index is 1.56. The molecule has 146 valence electrons. The minimum Gasteiger partial charge on any atom is -0.493 e. The zero-order valence-electron chi connectivity index (χ0n) is 15.4. The Morgan fingerprint density at radius 2 is 1.86 bits per heavy atom. The van der Waals surface area contributed by atoms with E-state index in [9.17, 15) is 4.79 Å². The van der Waals surface area contributed by atoms with Crippen molar-refractivity contribution in [2.75, 3.05) is 18.2 Å². The summed E-state index contributed by atoms with van der Waals surface area (Å²) < 4.78 is 12.8. The number of ether oxygens (including phenoxy) is 2. The van der Waals surface area contributed by atoms with Crippen LogP contribution in [0.4, 0.5) is 5.69 Å². The SMILES string of the molecule is COc1ccccc1OCc1nnc(SCC(=O)Nc2ccccc2Cl)n1C. The Kier molecular flexibility index (Phi) is 6.78. The number of thioether (sulfide) groups is 1. The molecular formula is C19H19ClN4O3S. The van der Waals surface area contributed by atoms with Gasteiger partial charge in [-0.05, 0) is 24.3 Å². The maximum Gasteiger partial charge on any atom is 0.234 e. The van der Waals surface area contributed by atoms with Crippen molar-refractivity contribution in [1.29, 1.82) is 0 Å². The smallest absolute Gasteiger partial charge is 0.234 e. The van der Waals surface area contributed by atoms with Crippen LogP contribution in [-0.2, 0) is 18.4 Å². The average molecular weight is 419 g/mol. The van der Waals surface area contributed by atoms with Gasteiger partial charge in [0, 0.05) is 7.05 Å². The molecule has 0 radical (unpaired) electrons. The Labute approximate surface area is 172 Å². The number of rotatable bonds is 8. The second-order valence-corrected chi connectivity index (χ2v) is 7.06. The number of carbonyl (C=O) groups excluding carboxylic acids is 1. The monoisotopic (exact) mass is 418 g/mol. The van der Waals surface area contributed by atoms with Crippen molar-refractivity contribution < 1.29 is 14.3 Å². The van der Waals surface area contributed by atoms with Gasteiger partial charge in [-0.2, -0.15) is 0 Å². The fraction of sp³-hybridized carbons (Fsp3) is 0.211. The van der Waals surface area contributed by atoms with Crippen molar-refractivity contribution in [2.24, 2.45) is 7.05 Å². The standard InChI is InChI=1S/C19H19ClN4O3S/c1-24-17(11-27-16-10-6-5-9-15(16)26-2)22-23-19(24)28-12-18(25)21-14-8-4-3-7-13(14)20/h3-10H,11-12H2,1-2H3,(H,21,25). The number of benzene rings is 2. The minimum absolute atomic E-state index is 0.173. The van der Waals surface area contributed by atoms with Crippen LogP contribution in [0.2, 0.25) is 5.02 Å². The first-order valence-corrected chi connectivity index (χ1v) is 9.76. The second kappa shape index (κ2) is 9.48. The van der Waals surface area contributed by atoms with Crippen LogP contribution in [0.15, 0.2) is 53.7 Å². The Morgan fingerprint density at radius 1 is 1.14 bits per heavy atom. The molecule has 0 atom stereocenters. The molecule has 0 aliphatic carbocycles. The van der Waals surface area contributed by atoms with Gasteiger partial charge in [-0.25, -0.2) is 0 Å². The third kappa shape index (κ3) is 4.96. The highest BCUT2D eigenvalue weighted by molar-refractivity contribution is 7.99. The van der Waals surface area contributed by atoms with Gasteiger partial charge in [-0.3, -0.25) is 4.79 Å². The van der Waals surface area contributed by atoms with E-state index >= 15 is 0 Å². The van der Waals surface area contributed by atoms with E-state index in [1.807, 2.05) is 37.4 Å². The largest absolute Gasteiger partial charge is 0.493 e. The van der Waals surface area contributed by atoms with Crippen molar-refractivity contribution >= 4 is 35.0 Å². The van der Waals surface area contributed by atoms with E-state index in [0.717, 1.165) is 0 Å². The Hall–Kier alpha value is -2.71. The molecule has 28 heavy (non-hydrogen) atoms. The summed E-state index contributed by atoms with van der Waals surface area (Å²) in [6.07, 6.45) is 0. The summed E-state index contributed by atoms with van der Waals surface area (Å²) >= 11 is 7.33. The van der Waals surface area contributed by atoms with Crippen LogP contribution in [0.3, 0.4) is 0 Å². The van der Waals surface area contributed by atoms with Gasteiger partial charge in [-0.1, -0.05) is 47.6 Å². The van der Waals surface area contributed by atoms with Gasteiger partial charge in [0.05, 0.1) is 23.6 Å². The zero-order chi connectivity index (χ0) is 19.9. The molecule has 0 spiro atoms. The highest BCUT2D eigenvalue weighted by Crippen LogP contribution is 2.27. The summed E-state index contributed by atoms with van der Waals surface area (Å²) in [7, 11) is 3.42. The lowest BCUT2D eigenvalue weighted by Crippen LogP contribution is -2.14. The van der Waals surface area contributed by atoms with Gasteiger partial charge in [0.2, 0.25) is 5.91 Å². The molecule has 3 rings (SSSR count). The number of anilines is 1. The third-order valence-corrected chi connectivity index (χ3v) is 5.18. The lowest BCUT2D eigenvalue weighted by Gasteiger charge is -2.10. The van der Waals surface area contributed by atoms with E-state index < -0.39 is 0 Å². The van der Waals surface area contributed by atoms with Crippen molar-refractivity contribution in [3.05, 3.63) is 59.4 Å². The maximum absolute atomic E-state index is 12.2. The van der Waals surface area contributed by atoms with E-state index in [-0.39, 0.29) is 18.3 Å². The van der Waals surface area contributed by atoms with Crippen LogP contribution in [0, 0.1) is 0 Å². The predicted molar refractivity (Wildman–Crippen MR) is 109 cm³/mol. The molecule has 0 bridgehead atoms. The molecule has 0 aliphatic rings. The Morgan fingerprint density at radius 3 is 2.61 bits per heavy atom. The van der Waals surface area contributed by atoms with Crippen molar-refractivity contribution in [2.45, 2.75) is 11.8 Å². The molecule has 0 saturated heterocycles. The molecule has 1 amide bonds. The molecule has 9 heteroatoms. The molecule has 0 aliphatic heterocycles. The molecule has 1 heterocycles.